The van der Waals surface area contributed by atoms with Gasteiger partial charge in [-0.1, -0.05) is 11.8 Å². The molecule has 0 N–H and O–H groups in total. The molecule has 0 aliphatic heterocycles. The number of hydrogen-bond donors (Lipinski definition) is 0. The van der Waals surface area contributed by atoms with Crippen LogP contribution in [0.2, 0.25) is 0 Å². The van der Waals surface area contributed by atoms with Crippen LogP contribution in [-0.2, 0) is 4.74 Å². The van der Waals surface area contributed by atoms with E-state index in [2.05, 4.69) is 22.6 Å². The number of methoxy groups -OCH3 is 2. The van der Waals surface area contributed by atoms with E-state index in [1.54, 1.807) is 42.5 Å². The molecule has 0 aliphatic rings. The summed E-state index contributed by atoms with van der Waals surface area (Å²) in [7, 11) is 2.81. The molecule has 0 atom stereocenters. The number of nitrogens with zero attached hydrogens (tertiary/aromatic N) is 1. The van der Waals surface area contributed by atoms with Crippen LogP contribution in [0.1, 0.15) is 27.0 Å². The van der Waals surface area contributed by atoms with Crippen LogP contribution >= 0.6 is 0 Å². The largest absolute Gasteiger partial charge is 0.496 e. The lowest BCUT2D eigenvalue weighted by Gasteiger charge is -2.06. The van der Waals surface area contributed by atoms with Crippen molar-refractivity contribution in [2.24, 2.45) is 0 Å². The van der Waals surface area contributed by atoms with Crippen LogP contribution in [0.3, 0.4) is 0 Å². The molecule has 22 heavy (non-hydrogen) atoms. The lowest BCUT2D eigenvalue weighted by molar-refractivity contribution is 0.0597. The van der Waals surface area contributed by atoms with Crippen molar-refractivity contribution in [1.82, 2.24) is 0 Å². The molecule has 0 bridgehead atoms. The number of carbonyl (C=O) groups is 1. The Morgan fingerprint density at radius 1 is 0.955 bits per heavy atom. The van der Waals surface area contributed by atoms with Crippen molar-refractivity contribution in [3.8, 4) is 23.7 Å². The highest BCUT2D eigenvalue weighted by atomic mass is 16.5. The zero-order valence-electron chi connectivity index (χ0n) is 12.2. The first kappa shape index (κ1) is 15.2. The number of ether oxygens (including phenoxy) is 2. The summed E-state index contributed by atoms with van der Waals surface area (Å²) in [5.74, 6) is 5.95. The number of nitriles is 1. The highest BCUT2D eigenvalue weighted by Crippen LogP contribution is 2.20. The zero-order valence-corrected chi connectivity index (χ0v) is 12.2. The standard InChI is InChI=1S/C18H13NO3/c1-21-17-11-14(9-10-16(17)18(20)22-2)6-3-13-4-7-15(12-19)8-5-13/h4-5,7-11H,1-2H3. The van der Waals surface area contributed by atoms with Gasteiger partial charge in [-0.15, -0.1) is 0 Å². The number of hydrogen-bond acceptors (Lipinski definition) is 4. The minimum Gasteiger partial charge on any atom is -0.496 e. The number of carbonyl (C=O) groups excluding carboxylic acids is 1. The summed E-state index contributed by atoms with van der Waals surface area (Å²) in [4.78, 5) is 11.6. The molecule has 4 nitrogen and oxygen atoms in total. The van der Waals surface area contributed by atoms with Crippen molar-refractivity contribution in [1.29, 1.82) is 5.26 Å². The molecular weight excluding hydrogens is 278 g/mol. The molecule has 0 amide bonds. The first-order valence-electron chi connectivity index (χ1n) is 6.46. The van der Waals surface area contributed by atoms with Crippen molar-refractivity contribution < 1.29 is 14.3 Å². The van der Waals surface area contributed by atoms with Crippen molar-refractivity contribution in [2.75, 3.05) is 14.2 Å². The van der Waals surface area contributed by atoms with Gasteiger partial charge in [-0.05, 0) is 42.5 Å². The first-order valence-corrected chi connectivity index (χ1v) is 6.46. The van der Waals surface area contributed by atoms with Crippen molar-refractivity contribution in [2.45, 2.75) is 0 Å². The molecule has 2 rings (SSSR count). The van der Waals surface area contributed by atoms with E-state index in [-0.39, 0.29) is 0 Å². The van der Waals surface area contributed by atoms with Crippen LogP contribution in [0.4, 0.5) is 0 Å². The first-order chi connectivity index (χ1) is 10.7. The molecule has 0 spiro atoms. The van der Waals surface area contributed by atoms with Crippen LogP contribution in [0, 0.1) is 23.2 Å². The normalized spacial score (nSPS) is 9.14. The van der Waals surface area contributed by atoms with Crippen LogP contribution < -0.4 is 4.74 Å². The van der Waals surface area contributed by atoms with Gasteiger partial charge in [-0.2, -0.15) is 5.26 Å². The average Bonchev–Trinajstić information content (AvgIpc) is 2.59. The molecule has 0 heterocycles. The van der Waals surface area contributed by atoms with E-state index < -0.39 is 5.97 Å². The lowest BCUT2D eigenvalue weighted by atomic mass is 10.1. The maximum Gasteiger partial charge on any atom is 0.341 e. The molecule has 0 aliphatic carbocycles. The van der Waals surface area contributed by atoms with Gasteiger partial charge < -0.3 is 9.47 Å². The highest BCUT2D eigenvalue weighted by Gasteiger charge is 2.12. The Hall–Kier alpha value is -3.24. The third-order valence-corrected chi connectivity index (χ3v) is 2.97. The fourth-order valence-corrected chi connectivity index (χ4v) is 1.82. The molecular formula is C18H13NO3. The summed E-state index contributed by atoms with van der Waals surface area (Å²) in [6.07, 6.45) is 0. The Labute approximate surface area is 128 Å². The molecule has 0 radical (unpaired) electrons. The summed E-state index contributed by atoms with van der Waals surface area (Å²) in [6, 6.07) is 14.1. The monoisotopic (exact) mass is 291 g/mol. The summed E-state index contributed by atoms with van der Waals surface area (Å²) in [5, 5.41) is 8.75. The van der Waals surface area contributed by atoms with E-state index in [0.717, 1.165) is 5.56 Å². The van der Waals surface area contributed by atoms with Crippen LogP contribution in [-0.4, -0.2) is 20.2 Å². The molecule has 2 aromatic carbocycles. The predicted molar refractivity (Wildman–Crippen MR) is 81.5 cm³/mol. The third-order valence-electron chi connectivity index (χ3n) is 2.97. The second kappa shape index (κ2) is 6.97. The summed E-state index contributed by atoms with van der Waals surface area (Å²) in [6.45, 7) is 0. The Morgan fingerprint density at radius 2 is 1.55 bits per heavy atom. The maximum atomic E-state index is 11.6. The Kier molecular flexibility index (Phi) is 4.80. The minimum absolute atomic E-state index is 0.355. The molecule has 0 aromatic heterocycles. The van der Waals surface area contributed by atoms with E-state index >= 15 is 0 Å². The van der Waals surface area contributed by atoms with Crippen molar-refractivity contribution >= 4 is 5.97 Å². The van der Waals surface area contributed by atoms with E-state index in [0.29, 0.717) is 22.4 Å². The highest BCUT2D eigenvalue weighted by molar-refractivity contribution is 5.92. The Bertz CT molecular complexity index is 790. The topological polar surface area (TPSA) is 59.3 Å². The van der Waals surface area contributed by atoms with Gasteiger partial charge in [0.2, 0.25) is 0 Å². The fourth-order valence-electron chi connectivity index (χ4n) is 1.82. The lowest BCUT2D eigenvalue weighted by Crippen LogP contribution is -2.04. The SMILES string of the molecule is COC(=O)c1ccc(C#Cc2ccc(C#N)cc2)cc1OC. The maximum absolute atomic E-state index is 11.6. The van der Waals surface area contributed by atoms with Gasteiger partial charge in [0.1, 0.15) is 11.3 Å². The minimum atomic E-state index is -0.455. The molecule has 0 saturated heterocycles. The van der Waals surface area contributed by atoms with E-state index in [4.69, 9.17) is 10.00 Å². The number of rotatable bonds is 2. The van der Waals surface area contributed by atoms with E-state index in [9.17, 15) is 4.79 Å². The van der Waals surface area contributed by atoms with E-state index in [1.807, 2.05) is 0 Å². The molecule has 0 unspecified atom stereocenters. The second-order valence-corrected chi connectivity index (χ2v) is 4.35. The van der Waals surface area contributed by atoms with Gasteiger partial charge in [0.25, 0.3) is 0 Å². The molecule has 0 fully saturated rings. The van der Waals surface area contributed by atoms with Gasteiger partial charge >= 0.3 is 5.97 Å². The summed E-state index contributed by atoms with van der Waals surface area (Å²) < 4.78 is 9.88. The van der Waals surface area contributed by atoms with Gasteiger partial charge in [0.15, 0.2) is 0 Å². The van der Waals surface area contributed by atoms with Crippen LogP contribution in [0.25, 0.3) is 0 Å². The van der Waals surface area contributed by atoms with Crippen LogP contribution in [0.5, 0.6) is 5.75 Å². The fraction of sp³-hybridized carbons (Fsp3) is 0.111. The smallest absolute Gasteiger partial charge is 0.341 e. The predicted octanol–water partition coefficient (Wildman–Crippen LogP) is 2.75. The van der Waals surface area contributed by atoms with Gasteiger partial charge in [-0.3, -0.25) is 0 Å². The van der Waals surface area contributed by atoms with Crippen LogP contribution in [0.15, 0.2) is 42.5 Å². The van der Waals surface area contributed by atoms with Crippen molar-refractivity contribution in [3.63, 3.8) is 0 Å². The summed E-state index contributed by atoms with van der Waals surface area (Å²) in [5.41, 5.74) is 2.47. The number of esters is 1. The molecule has 4 heteroatoms. The third kappa shape index (κ3) is 3.45. The van der Waals surface area contributed by atoms with Gasteiger partial charge in [-0.25, -0.2) is 4.79 Å². The second-order valence-electron chi connectivity index (χ2n) is 4.35. The van der Waals surface area contributed by atoms with Gasteiger partial charge in [0, 0.05) is 11.1 Å². The summed E-state index contributed by atoms with van der Waals surface area (Å²) >= 11 is 0. The molecule has 108 valence electrons. The molecule has 0 saturated carbocycles. The van der Waals surface area contributed by atoms with Crippen molar-refractivity contribution in [3.05, 3.63) is 64.7 Å². The molecule has 2 aromatic rings. The number of benzene rings is 2. The quantitative estimate of drug-likeness (QED) is 0.630. The van der Waals surface area contributed by atoms with E-state index in [1.165, 1.54) is 14.2 Å². The Balaban J connectivity index is 2.29. The zero-order chi connectivity index (χ0) is 15.9. The average molecular weight is 291 g/mol. The Morgan fingerprint density at radius 3 is 2.14 bits per heavy atom. The van der Waals surface area contributed by atoms with Gasteiger partial charge in [0.05, 0.1) is 25.9 Å².